The van der Waals surface area contributed by atoms with Crippen LogP contribution < -0.4 is 15.6 Å². The number of amides is 3. The van der Waals surface area contributed by atoms with E-state index in [1.807, 2.05) is 5.48 Å². The van der Waals surface area contributed by atoms with Gasteiger partial charge in [0.15, 0.2) is 5.75 Å². The molecule has 0 spiro atoms. The van der Waals surface area contributed by atoms with E-state index < -0.39 is 23.2 Å². The van der Waals surface area contributed by atoms with E-state index in [4.69, 9.17) is 19.4 Å². The minimum Gasteiger partial charge on any atom is -0.465 e. The fraction of sp³-hybridized carbons (Fsp3) is 0.471. The number of nitrogens with zero attached hydrogens (tertiary/aromatic N) is 2. The zero-order valence-electron chi connectivity index (χ0n) is 15.9. The van der Waals surface area contributed by atoms with Crippen molar-refractivity contribution in [1.82, 2.24) is 15.7 Å². The average molecular weight is 426 g/mol. The second-order valence-corrected chi connectivity index (χ2v) is 6.25. The zero-order chi connectivity index (χ0) is 21.9. The Balaban J connectivity index is 1.51. The maximum absolute atomic E-state index is 11.7. The number of nitrogens with one attached hydrogen (secondary N) is 2. The third-order valence-corrected chi connectivity index (χ3v) is 4.11. The van der Waals surface area contributed by atoms with Crippen molar-refractivity contribution in [2.24, 2.45) is 0 Å². The molecule has 1 heterocycles. The summed E-state index contributed by atoms with van der Waals surface area (Å²) in [4.78, 5) is 50.2. The molecule has 0 unspecified atom stereocenters. The topological polar surface area (TPSA) is 170 Å². The van der Waals surface area contributed by atoms with E-state index in [0.717, 1.165) is 0 Å². The first-order chi connectivity index (χ1) is 14.3. The van der Waals surface area contributed by atoms with Crippen LogP contribution in [0.2, 0.25) is 0 Å². The van der Waals surface area contributed by atoms with Crippen LogP contribution >= 0.6 is 0 Å². The lowest BCUT2D eigenvalue weighted by Gasteiger charge is -2.29. The minimum absolute atomic E-state index is 0.00668. The van der Waals surface area contributed by atoms with Crippen molar-refractivity contribution < 1.29 is 38.7 Å². The van der Waals surface area contributed by atoms with Gasteiger partial charge in [-0.3, -0.25) is 10.1 Å². The van der Waals surface area contributed by atoms with Crippen molar-refractivity contribution in [3.8, 4) is 5.75 Å². The molecule has 13 heteroatoms. The molecule has 0 atom stereocenters. The van der Waals surface area contributed by atoms with Crippen molar-refractivity contribution in [2.75, 3.05) is 26.2 Å². The van der Waals surface area contributed by atoms with Crippen LogP contribution in [0.1, 0.15) is 19.3 Å². The maximum Gasteiger partial charge on any atom is 0.440 e. The number of non-ortho nitro benzene ring substituents is 1. The van der Waals surface area contributed by atoms with Crippen molar-refractivity contribution in [2.45, 2.75) is 25.4 Å². The molecule has 0 aromatic heterocycles. The molecule has 30 heavy (non-hydrogen) atoms. The Morgan fingerprint density at radius 1 is 1.17 bits per heavy atom. The first-order valence-corrected chi connectivity index (χ1v) is 9.11. The number of carboxylic acid groups (broad SMARTS) is 1. The molecule has 0 bridgehead atoms. The summed E-state index contributed by atoms with van der Waals surface area (Å²) in [6, 6.07) is 5.09. The monoisotopic (exact) mass is 426 g/mol. The third kappa shape index (κ3) is 7.69. The molecular weight excluding hydrogens is 404 g/mol. The highest BCUT2D eigenvalue weighted by molar-refractivity contribution is 5.68. The summed E-state index contributed by atoms with van der Waals surface area (Å²) < 4.78 is 10.1. The molecule has 164 valence electrons. The number of hydrogen-bond acceptors (Lipinski definition) is 8. The number of hydrogen-bond donors (Lipinski definition) is 3. The molecule has 1 aliphatic heterocycles. The lowest BCUT2D eigenvalue weighted by molar-refractivity contribution is -0.384. The van der Waals surface area contributed by atoms with Gasteiger partial charge in [-0.1, -0.05) is 0 Å². The Kier molecular flexibility index (Phi) is 8.47. The number of rotatable bonds is 8. The summed E-state index contributed by atoms with van der Waals surface area (Å²) in [5.41, 5.74) is 1.91. The number of alkyl carbamates (subject to hydrolysis) is 1. The number of benzene rings is 1. The first-order valence-electron chi connectivity index (χ1n) is 9.11. The predicted octanol–water partition coefficient (Wildman–Crippen LogP) is 1.87. The SMILES string of the molecule is O=C(NOc1ccc([N+](=O)[O-])cc1)OCCCNC(=O)OC1CCN(C(=O)O)CC1. The van der Waals surface area contributed by atoms with Gasteiger partial charge in [-0.2, -0.15) is 5.48 Å². The summed E-state index contributed by atoms with van der Waals surface area (Å²) in [6.45, 7) is 0.854. The van der Waals surface area contributed by atoms with Crippen LogP contribution in [0, 0.1) is 10.1 Å². The van der Waals surface area contributed by atoms with Gasteiger partial charge in [-0.05, 0) is 18.6 Å². The minimum atomic E-state index is -0.986. The quantitative estimate of drug-likeness (QED) is 0.319. The lowest BCUT2D eigenvalue weighted by atomic mass is 10.1. The van der Waals surface area contributed by atoms with Crippen LogP contribution in [-0.2, 0) is 9.47 Å². The highest BCUT2D eigenvalue weighted by Crippen LogP contribution is 2.16. The van der Waals surface area contributed by atoms with Crippen LogP contribution in [0.15, 0.2) is 24.3 Å². The highest BCUT2D eigenvalue weighted by Gasteiger charge is 2.24. The highest BCUT2D eigenvalue weighted by atomic mass is 16.7. The van der Waals surface area contributed by atoms with Crippen LogP contribution in [0.5, 0.6) is 5.75 Å². The van der Waals surface area contributed by atoms with Gasteiger partial charge in [0.2, 0.25) is 0 Å². The van der Waals surface area contributed by atoms with E-state index in [0.29, 0.717) is 32.4 Å². The van der Waals surface area contributed by atoms with Gasteiger partial charge < -0.3 is 29.6 Å². The molecule has 1 aromatic rings. The smallest absolute Gasteiger partial charge is 0.440 e. The standard InChI is InChI=1S/C17H22N4O9/c22-15(29-13-6-9-20(10-7-13)17(24)25)18-8-1-11-28-16(23)19-30-14-4-2-12(3-5-14)21(26)27/h2-5,13H,1,6-11H2,(H,18,22)(H,19,23)(H,24,25). The second kappa shape index (κ2) is 11.3. The van der Waals surface area contributed by atoms with Gasteiger partial charge in [-0.15, -0.1) is 0 Å². The first kappa shape index (κ1) is 22.5. The van der Waals surface area contributed by atoms with Gasteiger partial charge in [0.05, 0.1) is 11.5 Å². The molecule has 13 nitrogen and oxygen atoms in total. The molecule has 1 aliphatic rings. The van der Waals surface area contributed by atoms with Crippen molar-refractivity contribution in [1.29, 1.82) is 0 Å². The third-order valence-electron chi connectivity index (χ3n) is 4.11. The number of carbonyl (C=O) groups is 3. The maximum atomic E-state index is 11.7. The fourth-order valence-electron chi connectivity index (χ4n) is 2.55. The largest absolute Gasteiger partial charge is 0.465 e. The molecule has 0 saturated carbocycles. The summed E-state index contributed by atoms with van der Waals surface area (Å²) in [7, 11) is 0. The molecule has 1 saturated heterocycles. The normalized spacial score (nSPS) is 13.8. The number of carbonyl (C=O) groups excluding carboxylic acids is 2. The Labute approximate surface area is 171 Å². The number of nitro benzene ring substituents is 1. The predicted molar refractivity (Wildman–Crippen MR) is 99.9 cm³/mol. The molecule has 1 aromatic carbocycles. The van der Waals surface area contributed by atoms with Gasteiger partial charge in [0.25, 0.3) is 5.69 Å². The Morgan fingerprint density at radius 2 is 1.83 bits per heavy atom. The average Bonchev–Trinajstić information content (AvgIpc) is 2.72. The number of hydroxylamine groups is 1. The number of likely N-dealkylation sites (tertiary alicyclic amines) is 1. The molecule has 3 N–H and O–H groups in total. The summed E-state index contributed by atoms with van der Waals surface area (Å²) in [5.74, 6) is 0.191. The van der Waals surface area contributed by atoms with Crippen molar-refractivity contribution in [3.05, 3.63) is 34.4 Å². The van der Waals surface area contributed by atoms with E-state index in [2.05, 4.69) is 5.32 Å². The van der Waals surface area contributed by atoms with E-state index in [1.54, 1.807) is 0 Å². The molecule has 2 rings (SSSR count). The molecule has 0 aliphatic carbocycles. The Hall–Kier alpha value is -3.77. The fourth-order valence-corrected chi connectivity index (χ4v) is 2.55. The van der Waals surface area contributed by atoms with E-state index in [-0.39, 0.29) is 30.7 Å². The van der Waals surface area contributed by atoms with E-state index in [1.165, 1.54) is 29.2 Å². The van der Waals surface area contributed by atoms with Crippen LogP contribution in [0.3, 0.4) is 0 Å². The van der Waals surface area contributed by atoms with Crippen LogP contribution in [0.25, 0.3) is 0 Å². The summed E-state index contributed by atoms with van der Waals surface area (Å²) in [5, 5.41) is 21.9. The number of piperidine rings is 1. The Bertz CT molecular complexity index is 748. The molecular formula is C17H22N4O9. The summed E-state index contributed by atoms with van der Waals surface area (Å²) >= 11 is 0. The van der Waals surface area contributed by atoms with Crippen molar-refractivity contribution >= 4 is 24.0 Å². The van der Waals surface area contributed by atoms with Crippen LogP contribution in [0.4, 0.5) is 20.1 Å². The van der Waals surface area contributed by atoms with Gasteiger partial charge in [0.1, 0.15) is 6.10 Å². The molecule has 3 amide bonds. The van der Waals surface area contributed by atoms with Gasteiger partial charge >= 0.3 is 18.3 Å². The molecule has 1 fully saturated rings. The van der Waals surface area contributed by atoms with Gasteiger partial charge in [0, 0.05) is 44.6 Å². The second-order valence-electron chi connectivity index (χ2n) is 6.25. The molecule has 0 radical (unpaired) electrons. The van der Waals surface area contributed by atoms with Gasteiger partial charge in [-0.25, -0.2) is 14.4 Å². The van der Waals surface area contributed by atoms with E-state index >= 15 is 0 Å². The number of nitro groups is 1. The van der Waals surface area contributed by atoms with Crippen LogP contribution in [-0.4, -0.2) is 65.6 Å². The lowest BCUT2D eigenvalue weighted by Crippen LogP contribution is -2.42. The van der Waals surface area contributed by atoms with E-state index in [9.17, 15) is 24.5 Å². The zero-order valence-corrected chi connectivity index (χ0v) is 15.9. The summed E-state index contributed by atoms with van der Waals surface area (Å²) in [6.07, 6.45) is -1.58. The number of ether oxygens (including phenoxy) is 2. The Morgan fingerprint density at radius 3 is 2.43 bits per heavy atom. The van der Waals surface area contributed by atoms with Crippen molar-refractivity contribution in [3.63, 3.8) is 0 Å².